The minimum atomic E-state index is -0.118. The molecule has 35 heavy (non-hydrogen) atoms. The average Bonchev–Trinajstić information content (AvgIpc) is 3.60. The summed E-state index contributed by atoms with van der Waals surface area (Å²) in [4.78, 5) is 33.3. The highest BCUT2D eigenvalue weighted by Crippen LogP contribution is 2.19. The van der Waals surface area contributed by atoms with E-state index in [4.69, 9.17) is 0 Å². The Balaban J connectivity index is 1.18. The van der Waals surface area contributed by atoms with E-state index >= 15 is 0 Å². The third-order valence-electron chi connectivity index (χ3n) is 5.85. The van der Waals surface area contributed by atoms with E-state index in [9.17, 15) is 9.59 Å². The molecule has 2 aromatic heterocycles. The molecule has 11 heteroatoms. The average molecular weight is 472 g/mol. The number of piperazine rings is 1. The summed E-state index contributed by atoms with van der Waals surface area (Å²) in [5, 5.41) is 15.0. The molecule has 1 N–H and O–H groups in total. The molecule has 1 aliphatic heterocycles. The second kappa shape index (κ2) is 10.2. The van der Waals surface area contributed by atoms with Gasteiger partial charge in [-0.3, -0.25) is 9.59 Å². The highest BCUT2D eigenvalue weighted by Gasteiger charge is 2.25. The highest BCUT2D eigenvalue weighted by molar-refractivity contribution is 5.97. The second-order valence-electron chi connectivity index (χ2n) is 8.18. The summed E-state index contributed by atoms with van der Waals surface area (Å²) >= 11 is 0. The fourth-order valence-electron chi connectivity index (χ4n) is 4.01. The van der Waals surface area contributed by atoms with Crippen LogP contribution >= 0.6 is 0 Å². The Labute approximate surface area is 202 Å². The zero-order valence-electron chi connectivity index (χ0n) is 19.1. The van der Waals surface area contributed by atoms with Gasteiger partial charge in [0.1, 0.15) is 0 Å². The van der Waals surface area contributed by atoms with Crippen molar-refractivity contribution in [2.24, 2.45) is 0 Å². The first-order valence-corrected chi connectivity index (χ1v) is 11.4. The van der Waals surface area contributed by atoms with Crippen molar-refractivity contribution in [2.45, 2.75) is 13.0 Å². The monoisotopic (exact) mass is 471 g/mol. The fraction of sp³-hybridized carbons (Fsp3) is 0.250. The van der Waals surface area contributed by atoms with Gasteiger partial charge >= 0.3 is 0 Å². The number of carbonyl (C=O) groups is 2. The van der Waals surface area contributed by atoms with Gasteiger partial charge in [-0.2, -0.15) is 4.68 Å². The van der Waals surface area contributed by atoms with Gasteiger partial charge in [0.2, 0.25) is 11.9 Å². The normalized spacial score (nSPS) is 13.6. The fourth-order valence-corrected chi connectivity index (χ4v) is 4.01. The van der Waals surface area contributed by atoms with Gasteiger partial charge in [-0.15, -0.1) is 0 Å². The molecule has 0 atom stereocenters. The molecule has 0 saturated carbocycles. The number of nitrogens with one attached hydrogen (secondary N) is 1. The first-order valence-electron chi connectivity index (χ1n) is 11.4. The third kappa shape index (κ3) is 5.18. The van der Waals surface area contributed by atoms with Crippen LogP contribution in [0.2, 0.25) is 0 Å². The van der Waals surface area contributed by atoms with Crippen LogP contribution in [-0.2, 0) is 11.3 Å². The molecule has 178 valence electrons. The molecule has 3 heterocycles. The predicted octanol–water partition coefficient (Wildman–Crippen LogP) is 1.85. The first-order chi connectivity index (χ1) is 17.2. The topological polar surface area (TPSA) is 114 Å². The van der Waals surface area contributed by atoms with Gasteiger partial charge in [-0.05, 0) is 40.8 Å². The maximum Gasteiger partial charge on any atom is 0.254 e. The number of nitrogens with zero attached hydrogens (tertiary/aromatic N) is 8. The quantitative estimate of drug-likeness (QED) is 0.438. The Kier molecular flexibility index (Phi) is 6.46. The van der Waals surface area contributed by atoms with Crippen LogP contribution in [0.5, 0.6) is 0 Å². The molecule has 5 rings (SSSR count). The molecular formula is C24H25N9O2. The lowest BCUT2D eigenvalue weighted by molar-refractivity contribution is -0.116. The SMILES string of the molecule is O=C(CCn1ccnc1)Nc1cccc(C(=O)N2CCN(c3nnnn3-c3ccccc3)CC2)c1. The van der Waals surface area contributed by atoms with E-state index < -0.39 is 0 Å². The van der Waals surface area contributed by atoms with Gasteiger partial charge in [0.05, 0.1) is 12.0 Å². The number of carbonyl (C=O) groups excluding carboxylic acids is 2. The summed E-state index contributed by atoms with van der Waals surface area (Å²) < 4.78 is 3.55. The van der Waals surface area contributed by atoms with Gasteiger partial charge in [0, 0.05) is 62.8 Å². The van der Waals surface area contributed by atoms with Crippen molar-refractivity contribution in [3.63, 3.8) is 0 Å². The lowest BCUT2D eigenvalue weighted by Crippen LogP contribution is -2.49. The summed E-state index contributed by atoms with van der Waals surface area (Å²) in [6.07, 6.45) is 5.49. The van der Waals surface area contributed by atoms with E-state index in [0.29, 0.717) is 56.3 Å². The molecule has 0 radical (unpaired) electrons. The van der Waals surface area contributed by atoms with E-state index in [1.807, 2.05) is 46.0 Å². The Bertz CT molecular complexity index is 1280. The molecule has 1 saturated heterocycles. The minimum absolute atomic E-state index is 0.0678. The van der Waals surface area contributed by atoms with Crippen molar-refractivity contribution in [1.82, 2.24) is 34.7 Å². The van der Waals surface area contributed by atoms with Crippen LogP contribution in [0.1, 0.15) is 16.8 Å². The Hall–Kier alpha value is -4.54. The lowest BCUT2D eigenvalue weighted by atomic mass is 10.1. The van der Waals surface area contributed by atoms with Crippen LogP contribution in [0.3, 0.4) is 0 Å². The number of aromatic nitrogens is 6. The molecule has 0 bridgehead atoms. The summed E-state index contributed by atoms with van der Waals surface area (Å²) in [5.41, 5.74) is 2.03. The number of anilines is 2. The highest BCUT2D eigenvalue weighted by atomic mass is 16.2. The van der Waals surface area contributed by atoms with Crippen molar-refractivity contribution in [3.05, 3.63) is 78.9 Å². The summed E-state index contributed by atoms with van der Waals surface area (Å²) in [6.45, 7) is 2.86. The number of tetrazole rings is 1. The summed E-state index contributed by atoms with van der Waals surface area (Å²) in [5.74, 6) is 0.471. The van der Waals surface area contributed by atoms with Crippen molar-refractivity contribution < 1.29 is 9.59 Å². The Morgan fingerprint density at radius 3 is 2.57 bits per heavy atom. The van der Waals surface area contributed by atoms with Gasteiger partial charge in [0.25, 0.3) is 5.91 Å². The molecular weight excluding hydrogens is 446 g/mol. The molecule has 11 nitrogen and oxygen atoms in total. The number of imidazole rings is 1. The number of amides is 2. The molecule has 0 aliphatic carbocycles. The number of benzene rings is 2. The van der Waals surface area contributed by atoms with Gasteiger partial charge in [0.15, 0.2) is 0 Å². The Morgan fingerprint density at radius 1 is 0.971 bits per heavy atom. The molecule has 1 aliphatic rings. The van der Waals surface area contributed by atoms with Crippen molar-refractivity contribution in [1.29, 1.82) is 0 Å². The second-order valence-corrected chi connectivity index (χ2v) is 8.18. The predicted molar refractivity (Wildman–Crippen MR) is 129 cm³/mol. The summed E-state index contributed by atoms with van der Waals surface area (Å²) in [6, 6.07) is 16.8. The van der Waals surface area contributed by atoms with Gasteiger partial charge < -0.3 is 19.7 Å². The molecule has 2 amide bonds. The van der Waals surface area contributed by atoms with Crippen LogP contribution in [-0.4, -0.2) is 72.7 Å². The Morgan fingerprint density at radius 2 is 1.80 bits per heavy atom. The molecule has 4 aromatic rings. The maximum absolute atomic E-state index is 13.1. The smallest absolute Gasteiger partial charge is 0.254 e. The van der Waals surface area contributed by atoms with E-state index in [-0.39, 0.29) is 11.8 Å². The molecule has 0 spiro atoms. The lowest BCUT2D eigenvalue weighted by Gasteiger charge is -2.34. The van der Waals surface area contributed by atoms with E-state index in [1.165, 1.54) is 0 Å². The van der Waals surface area contributed by atoms with Crippen LogP contribution < -0.4 is 10.2 Å². The molecule has 2 aromatic carbocycles. The van der Waals surface area contributed by atoms with E-state index in [2.05, 4.69) is 30.7 Å². The van der Waals surface area contributed by atoms with Gasteiger partial charge in [-0.25, -0.2) is 4.98 Å². The number of para-hydroxylation sites is 1. The summed E-state index contributed by atoms with van der Waals surface area (Å²) in [7, 11) is 0. The third-order valence-corrected chi connectivity index (χ3v) is 5.85. The van der Waals surface area contributed by atoms with E-state index in [0.717, 1.165) is 5.69 Å². The molecule has 0 unspecified atom stereocenters. The number of rotatable bonds is 7. The van der Waals surface area contributed by atoms with Crippen molar-refractivity contribution in [3.8, 4) is 5.69 Å². The van der Waals surface area contributed by atoms with Crippen LogP contribution in [0.25, 0.3) is 5.69 Å². The first kappa shape index (κ1) is 22.3. The zero-order valence-corrected chi connectivity index (χ0v) is 19.1. The standard InChI is InChI=1S/C24H25N9O2/c34-22(9-11-30-12-10-25-18-30)26-20-6-4-5-19(17-20)23(35)31-13-15-32(16-14-31)24-27-28-29-33(24)21-7-2-1-3-8-21/h1-8,10,12,17-18H,9,11,13-16H2,(H,26,34). The van der Waals surface area contributed by atoms with Crippen LogP contribution in [0.15, 0.2) is 73.3 Å². The van der Waals surface area contributed by atoms with Gasteiger partial charge in [-0.1, -0.05) is 29.4 Å². The van der Waals surface area contributed by atoms with Crippen LogP contribution in [0.4, 0.5) is 11.6 Å². The van der Waals surface area contributed by atoms with Crippen LogP contribution in [0, 0.1) is 0 Å². The molecule has 1 fully saturated rings. The zero-order chi connectivity index (χ0) is 24.0. The number of hydrogen-bond acceptors (Lipinski definition) is 7. The number of hydrogen-bond donors (Lipinski definition) is 1. The van der Waals surface area contributed by atoms with E-state index in [1.54, 1.807) is 41.5 Å². The van der Waals surface area contributed by atoms with Crippen molar-refractivity contribution in [2.75, 3.05) is 36.4 Å². The van der Waals surface area contributed by atoms with Crippen molar-refractivity contribution >= 4 is 23.5 Å². The minimum Gasteiger partial charge on any atom is -0.337 e. The number of aryl methyl sites for hydroxylation is 1. The maximum atomic E-state index is 13.1. The largest absolute Gasteiger partial charge is 0.337 e.